The third-order valence-corrected chi connectivity index (χ3v) is 5.13. The van der Waals surface area contributed by atoms with Crippen LogP contribution in [-0.2, 0) is 14.8 Å². The topological polar surface area (TPSA) is 83.6 Å². The van der Waals surface area contributed by atoms with Gasteiger partial charge in [0.15, 0.2) is 5.78 Å². The first-order valence-electron chi connectivity index (χ1n) is 8.30. The van der Waals surface area contributed by atoms with Crippen LogP contribution in [0.2, 0.25) is 0 Å². The van der Waals surface area contributed by atoms with Crippen molar-refractivity contribution in [2.24, 2.45) is 0 Å². The van der Waals surface area contributed by atoms with Crippen LogP contribution in [0.4, 0.5) is 15.8 Å². The van der Waals surface area contributed by atoms with Crippen LogP contribution in [0.25, 0.3) is 0 Å². The smallest absolute Gasteiger partial charge is 0.248 e. The minimum Gasteiger partial charge on any atom is -0.324 e. The number of nitrogens with one attached hydrogen (secondary N) is 1. The zero-order chi connectivity index (χ0) is 20.2. The highest BCUT2D eigenvalue weighted by Crippen LogP contribution is 2.24. The third kappa shape index (κ3) is 5.13. The Morgan fingerprint density at radius 1 is 1.15 bits per heavy atom. The maximum atomic E-state index is 13.2. The number of carbonyl (C=O) groups excluding carboxylic acids is 2. The number of rotatable bonds is 7. The highest BCUT2D eigenvalue weighted by Gasteiger charge is 2.31. The lowest BCUT2D eigenvalue weighted by Gasteiger charge is -2.30. The maximum absolute atomic E-state index is 13.2. The Balaban J connectivity index is 2.36. The van der Waals surface area contributed by atoms with Gasteiger partial charge in [-0.3, -0.25) is 13.9 Å². The summed E-state index contributed by atoms with van der Waals surface area (Å²) in [4.78, 5) is 24.3. The minimum atomic E-state index is -3.81. The van der Waals surface area contributed by atoms with E-state index in [4.69, 9.17) is 0 Å². The molecule has 1 amide bonds. The van der Waals surface area contributed by atoms with E-state index in [9.17, 15) is 22.4 Å². The van der Waals surface area contributed by atoms with Crippen LogP contribution in [0.15, 0.2) is 48.5 Å². The van der Waals surface area contributed by atoms with Gasteiger partial charge in [0.2, 0.25) is 15.9 Å². The van der Waals surface area contributed by atoms with Crippen LogP contribution in [-0.4, -0.2) is 32.4 Å². The van der Waals surface area contributed by atoms with Crippen LogP contribution in [0.1, 0.15) is 30.6 Å². The van der Waals surface area contributed by atoms with Crippen molar-refractivity contribution in [2.75, 3.05) is 15.9 Å². The summed E-state index contributed by atoms with van der Waals surface area (Å²) < 4.78 is 38.8. The van der Waals surface area contributed by atoms with Gasteiger partial charge in [-0.15, -0.1) is 0 Å². The van der Waals surface area contributed by atoms with E-state index in [-0.39, 0.29) is 17.9 Å². The van der Waals surface area contributed by atoms with Crippen molar-refractivity contribution in [2.45, 2.75) is 26.3 Å². The molecule has 1 atom stereocenters. The number of hydrogen-bond donors (Lipinski definition) is 1. The van der Waals surface area contributed by atoms with E-state index in [0.717, 1.165) is 22.7 Å². The van der Waals surface area contributed by atoms with E-state index >= 15 is 0 Å². The predicted octanol–water partition coefficient (Wildman–Crippen LogP) is 3.21. The number of benzene rings is 2. The Labute approximate surface area is 158 Å². The van der Waals surface area contributed by atoms with Gasteiger partial charge in [-0.05, 0) is 49.7 Å². The fourth-order valence-electron chi connectivity index (χ4n) is 2.69. The number of Topliss-reactive ketones (excluding diaryl/α,β-unsaturated/α-hetero) is 1. The zero-order valence-corrected chi connectivity index (χ0v) is 16.1. The molecule has 6 nitrogen and oxygen atoms in total. The summed E-state index contributed by atoms with van der Waals surface area (Å²) in [6, 6.07) is 10.2. The van der Waals surface area contributed by atoms with Gasteiger partial charge in [-0.1, -0.05) is 19.1 Å². The van der Waals surface area contributed by atoms with Crippen LogP contribution in [0, 0.1) is 5.82 Å². The molecule has 0 fully saturated rings. The molecule has 0 heterocycles. The molecule has 0 radical (unpaired) electrons. The highest BCUT2D eigenvalue weighted by molar-refractivity contribution is 7.92. The molecule has 0 saturated carbocycles. The second kappa shape index (κ2) is 8.30. The van der Waals surface area contributed by atoms with Crippen molar-refractivity contribution in [1.82, 2.24) is 0 Å². The molecule has 2 aromatic carbocycles. The van der Waals surface area contributed by atoms with Crippen LogP contribution in [0.3, 0.4) is 0 Å². The molecule has 0 bridgehead atoms. The van der Waals surface area contributed by atoms with E-state index in [1.165, 1.54) is 25.1 Å². The molecule has 0 aliphatic rings. The Morgan fingerprint density at radius 3 is 2.30 bits per heavy atom. The Bertz CT molecular complexity index is 942. The largest absolute Gasteiger partial charge is 0.324 e. The Hall–Kier alpha value is -2.74. The summed E-state index contributed by atoms with van der Waals surface area (Å²) in [5, 5.41) is 2.65. The molecule has 8 heteroatoms. The minimum absolute atomic E-state index is 0.151. The van der Waals surface area contributed by atoms with Gasteiger partial charge in [0, 0.05) is 11.3 Å². The van der Waals surface area contributed by atoms with E-state index < -0.39 is 27.8 Å². The molecule has 1 N–H and O–H groups in total. The van der Waals surface area contributed by atoms with Crippen molar-refractivity contribution < 1.29 is 22.4 Å². The first-order chi connectivity index (χ1) is 12.6. The summed E-state index contributed by atoms with van der Waals surface area (Å²) in [5.74, 6) is -1.21. The SMILES string of the molecule is CC[C@@H](C(=O)Nc1cccc(C(C)=O)c1)N(c1ccc(F)cc1)S(C)(=O)=O. The molecular weight excluding hydrogens is 371 g/mol. The van der Waals surface area contributed by atoms with Crippen LogP contribution in [0.5, 0.6) is 0 Å². The number of anilines is 2. The number of halogens is 1. The van der Waals surface area contributed by atoms with Gasteiger partial charge in [-0.25, -0.2) is 12.8 Å². The lowest BCUT2D eigenvalue weighted by atomic mass is 10.1. The summed E-state index contributed by atoms with van der Waals surface area (Å²) in [6.07, 6.45) is 1.19. The molecule has 2 aromatic rings. The van der Waals surface area contributed by atoms with Crippen molar-refractivity contribution >= 4 is 33.1 Å². The van der Waals surface area contributed by atoms with Crippen molar-refractivity contribution in [3.05, 3.63) is 59.9 Å². The average Bonchev–Trinajstić information content (AvgIpc) is 2.59. The molecule has 0 unspecified atom stereocenters. The lowest BCUT2D eigenvalue weighted by Crippen LogP contribution is -2.47. The standard InChI is InChI=1S/C19H21FN2O4S/c1-4-18(19(24)21-16-7-5-6-14(12-16)13(2)23)22(27(3,25)26)17-10-8-15(20)9-11-17/h5-12,18H,4H2,1-3H3,(H,21,24)/t18-/m0/s1. The average molecular weight is 392 g/mol. The zero-order valence-electron chi connectivity index (χ0n) is 15.3. The molecule has 2 rings (SSSR count). The highest BCUT2D eigenvalue weighted by atomic mass is 32.2. The van der Waals surface area contributed by atoms with Crippen LogP contribution >= 0.6 is 0 Å². The first kappa shape index (κ1) is 20.6. The molecule has 144 valence electrons. The number of sulfonamides is 1. The summed E-state index contributed by atoms with van der Waals surface area (Å²) in [5.41, 5.74) is 1.01. The molecule has 0 aliphatic heterocycles. The maximum Gasteiger partial charge on any atom is 0.248 e. The van der Waals surface area contributed by atoms with Gasteiger partial charge < -0.3 is 5.32 Å². The van der Waals surface area contributed by atoms with E-state index in [1.807, 2.05) is 0 Å². The Kier molecular flexibility index (Phi) is 6.32. The fourth-order valence-corrected chi connectivity index (χ4v) is 3.90. The van der Waals surface area contributed by atoms with Crippen LogP contribution < -0.4 is 9.62 Å². The quantitative estimate of drug-likeness (QED) is 0.734. The number of carbonyl (C=O) groups is 2. The van der Waals surface area contributed by atoms with E-state index in [0.29, 0.717) is 11.3 Å². The summed E-state index contributed by atoms with van der Waals surface area (Å²) >= 11 is 0. The van der Waals surface area contributed by atoms with Gasteiger partial charge in [-0.2, -0.15) is 0 Å². The molecule has 0 spiro atoms. The van der Waals surface area contributed by atoms with Crippen molar-refractivity contribution in [3.8, 4) is 0 Å². The molecule has 0 saturated heterocycles. The second-order valence-corrected chi connectivity index (χ2v) is 7.94. The molecular formula is C19H21FN2O4S. The summed E-state index contributed by atoms with van der Waals surface area (Å²) in [6.45, 7) is 3.09. The number of hydrogen-bond acceptors (Lipinski definition) is 4. The van der Waals surface area contributed by atoms with Crippen molar-refractivity contribution in [1.29, 1.82) is 0 Å². The van der Waals surface area contributed by atoms with Gasteiger partial charge in [0.1, 0.15) is 11.9 Å². The first-order valence-corrected chi connectivity index (χ1v) is 10.1. The van der Waals surface area contributed by atoms with Gasteiger partial charge >= 0.3 is 0 Å². The van der Waals surface area contributed by atoms with Crippen molar-refractivity contribution in [3.63, 3.8) is 0 Å². The predicted molar refractivity (Wildman–Crippen MR) is 103 cm³/mol. The fraction of sp³-hybridized carbons (Fsp3) is 0.263. The summed E-state index contributed by atoms with van der Waals surface area (Å²) in [7, 11) is -3.81. The van der Waals surface area contributed by atoms with E-state index in [1.54, 1.807) is 25.1 Å². The third-order valence-electron chi connectivity index (χ3n) is 3.95. The molecule has 0 aromatic heterocycles. The normalized spacial score (nSPS) is 12.3. The molecule has 27 heavy (non-hydrogen) atoms. The van der Waals surface area contributed by atoms with Gasteiger partial charge in [0.05, 0.1) is 11.9 Å². The monoisotopic (exact) mass is 392 g/mol. The number of amides is 1. The second-order valence-electron chi connectivity index (χ2n) is 6.09. The Morgan fingerprint density at radius 2 is 1.78 bits per heavy atom. The molecule has 0 aliphatic carbocycles. The lowest BCUT2D eigenvalue weighted by molar-refractivity contribution is -0.117. The van der Waals surface area contributed by atoms with Gasteiger partial charge in [0.25, 0.3) is 0 Å². The van der Waals surface area contributed by atoms with E-state index in [2.05, 4.69) is 5.32 Å². The number of nitrogens with zero attached hydrogens (tertiary/aromatic N) is 1. The number of ketones is 1.